The third-order valence-corrected chi connectivity index (χ3v) is 0.918. The normalized spacial score (nSPS) is 11.4. The molecule has 0 bridgehead atoms. The molecule has 1 unspecified atom stereocenters. The van der Waals surface area contributed by atoms with E-state index in [0.29, 0.717) is 0 Å². The first-order valence-electron chi connectivity index (χ1n) is 3.00. The number of carbonyl (C=O) groups excluding carboxylic acids is 2. The van der Waals surface area contributed by atoms with Gasteiger partial charge in [0.15, 0.2) is 0 Å². The van der Waals surface area contributed by atoms with Crippen LogP contribution in [0.4, 0.5) is 18.0 Å². The molecule has 0 aliphatic carbocycles. The fourth-order valence-corrected chi connectivity index (χ4v) is 0.161. The van der Waals surface area contributed by atoms with Crippen molar-refractivity contribution in [2.24, 2.45) is 23.1 Å². The molecule has 3 amide bonds. The average Bonchev–Trinajstić information content (AvgIpc) is 1.82. The van der Waals surface area contributed by atoms with Crippen molar-refractivity contribution in [3.8, 4) is 0 Å². The first-order chi connectivity index (χ1) is 5.59. The molecule has 0 heterocycles. The first-order valence-corrected chi connectivity index (χ1v) is 3.00. The van der Waals surface area contributed by atoms with E-state index in [1.54, 1.807) is 0 Å². The monoisotopic (exact) mass is 218 g/mol. The topological polar surface area (TPSA) is 147 Å². The summed E-state index contributed by atoms with van der Waals surface area (Å²) in [5.74, 6) is -3.39. The lowest BCUT2D eigenvalue weighted by Crippen LogP contribution is -2.32. The maximum Gasteiger partial charge on any atom is 0.400 e. The quantitative estimate of drug-likeness (QED) is 0.485. The molecule has 1 atom stereocenters. The number of carbonyl (C=O) groups is 2. The van der Waals surface area contributed by atoms with Crippen molar-refractivity contribution in [2.75, 3.05) is 0 Å². The van der Waals surface area contributed by atoms with Crippen molar-refractivity contribution in [1.82, 2.24) is 6.15 Å². The Morgan fingerprint density at radius 1 is 1.14 bits per heavy atom. The van der Waals surface area contributed by atoms with E-state index in [9.17, 15) is 18.0 Å². The Bertz CT molecular complexity index is 190. The fourth-order valence-electron chi connectivity index (χ4n) is 0.161. The third-order valence-electron chi connectivity index (χ3n) is 0.918. The largest absolute Gasteiger partial charge is 0.400 e. The highest BCUT2D eigenvalue weighted by atomic mass is 19.4. The van der Waals surface area contributed by atoms with Crippen LogP contribution in [0.5, 0.6) is 0 Å². The Morgan fingerprint density at radius 2 is 1.36 bits per heavy atom. The maximum absolute atomic E-state index is 11.4. The van der Waals surface area contributed by atoms with E-state index in [1.807, 2.05) is 0 Å². The van der Waals surface area contributed by atoms with Gasteiger partial charge in [-0.15, -0.1) is 0 Å². The molecule has 6 nitrogen and oxygen atoms in total. The number of halogens is 3. The van der Waals surface area contributed by atoms with E-state index in [2.05, 4.69) is 17.2 Å². The van der Waals surface area contributed by atoms with Gasteiger partial charge in [0.1, 0.15) is 5.92 Å². The second kappa shape index (κ2) is 6.95. The van der Waals surface area contributed by atoms with Gasteiger partial charge in [-0.05, 0) is 6.92 Å². The van der Waals surface area contributed by atoms with Crippen LogP contribution in [-0.2, 0) is 4.79 Å². The van der Waals surface area contributed by atoms with Crippen molar-refractivity contribution in [3.63, 3.8) is 0 Å². The lowest BCUT2D eigenvalue weighted by molar-refractivity contribution is -0.176. The van der Waals surface area contributed by atoms with E-state index < -0.39 is 24.0 Å². The standard InChI is InChI=1S/C4H6F3NO.CH4N2O.H3N/c1-2(3(8)9)4(5,6)7;2-1(3)4;/h2H,1H3,(H2,8,9);(H4,2,3,4);1H3. The van der Waals surface area contributed by atoms with Crippen molar-refractivity contribution >= 4 is 11.9 Å². The summed E-state index contributed by atoms with van der Waals surface area (Å²) in [6.45, 7) is 0.725. The Morgan fingerprint density at radius 3 is 1.36 bits per heavy atom. The zero-order valence-electron chi connectivity index (χ0n) is 7.47. The summed E-state index contributed by atoms with van der Waals surface area (Å²) in [5, 5.41) is 0. The van der Waals surface area contributed by atoms with Gasteiger partial charge in [0, 0.05) is 0 Å². The van der Waals surface area contributed by atoms with Crippen LogP contribution in [0, 0.1) is 5.92 Å². The van der Waals surface area contributed by atoms with Gasteiger partial charge in [-0.25, -0.2) is 4.79 Å². The smallest absolute Gasteiger partial charge is 0.369 e. The van der Waals surface area contributed by atoms with Gasteiger partial charge >= 0.3 is 12.2 Å². The highest BCUT2D eigenvalue weighted by molar-refractivity contribution is 5.76. The van der Waals surface area contributed by atoms with E-state index >= 15 is 0 Å². The molecule has 0 spiro atoms. The highest BCUT2D eigenvalue weighted by Crippen LogP contribution is 2.24. The number of alkyl halides is 3. The minimum Gasteiger partial charge on any atom is -0.369 e. The molecular formula is C5H13F3N4O2. The summed E-state index contributed by atoms with van der Waals surface area (Å²) in [5.41, 5.74) is 12.9. The molecular weight excluding hydrogens is 205 g/mol. The van der Waals surface area contributed by atoms with Crippen molar-refractivity contribution in [1.29, 1.82) is 0 Å². The van der Waals surface area contributed by atoms with Crippen LogP contribution >= 0.6 is 0 Å². The number of hydrogen-bond acceptors (Lipinski definition) is 3. The molecule has 0 aromatic carbocycles. The zero-order valence-corrected chi connectivity index (χ0v) is 7.47. The van der Waals surface area contributed by atoms with Gasteiger partial charge in [0.05, 0.1) is 0 Å². The van der Waals surface area contributed by atoms with Gasteiger partial charge in [-0.1, -0.05) is 0 Å². The molecule has 0 radical (unpaired) electrons. The minimum atomic E-state index is -4.49. The van der Waals surface area contributed by atoms with Crippen molar-refractivity contribution in [3.05, 3.63) is 0 Å². The molecule has 0 rings (SSSR count). The molecule has 0 aliphatic rings. The molecule has 9 heteroatoms. The van der Waals surface area contributed by atoms with E-state index in [-0.39, 0.29) is 6.15 Å². The average molecular weight is 218 g/mol. The number of primary amides is 3. The lowest BCUT2D eigenvalue weighted by atomic mass is 10.2. The Kier molecular flexibility index (Phi) is 9.09. The number of nitrogens with two attached hydrogens (primary N) is 3. The lowest BCUT2D eigenvalue weighted by Gasteiger charge is -2.10. The van der Waals surface area contributed by atoms with Crippen LogP contribution in [-0.4, -0.2) is 18.1 Å². The first kappa shape index (κ1) is 18.3. The summed E-state index contributed by atoms with van der Waals surface area (Å²) in [6, 6.07) is -0.833. The van der Waals surface area contributed by atoms with Crippen LogP contribution in [0.2, 0.25) is 0 Å². The molecule has 0 saturated heterocycles. The maximum atomic E-state index is 11.4. The van der Waals surface area contributed by atoms with Gasteiger partial charge in [-0.3, -0.25) is 4.79 Å². The summed E-state index contributed by atoms with van der Waals surface area (Å²) in [6.07, 6.45) is -4.49. The highest BCUT2D eigenvalue weighted by Gasteiger charge is 2.39. The summed E-state index contributed by atoms with van der Waals surface area (Å²) in [4.78, 5) is 18.8. The van der Waals surface area contributed by atoms with E-state index in [1.165, 1.54) is 0 Å². The van der Waals surface area contributed by atoms with Crippen LogP contribution in [0.25, 0.3) is 0 Å². The Balaban J connectivity index is -0.000000209. The van der Waals surface area contributed by atoms with Gasteiger partial charge in [0.2, 0.25) is 5.91 Å². The van der Waals surface area contributed by atoms with Gasteiger partial charge in [0.25, 0.3) is 0 Å². The number of rotatable bonds is 1. The molecule has 0 aliphatic heterocycles. The second-order valence-corrected chi connectivity index (χ2v) is 2.07. The molecule has 14 heavy (non-hydrogen) atoms. The van der Waals surface area contributed by atoms with Crippen LogP contribution < -0.4 is 23.4 Å². The molecule has 9 N–H and O–H groups in total. The van der Waals surface area contributed by atoms with Crippen LogP contribution in [0.15, 0.2) is 0 Å². The third kappa shape index (κ3) is 13.1. The number of hydrogen-bond donors (Lipinski definition) is 4. The summed E-state index contributed by atoms with van der Waals surface area (Å²) >= 11 is 0. The van der Waals surface area contributed by atoms with E-state index in [0.717, 1.165) is 6.92 Å². The minimum absolute atomic E-state index is 0. The predicted octanol–water partition coefficient (Wildman–Crippen LogP) is -0.144. The van der Waals surface area contributed by atoms with Crippen molar-refractivity contribution in [2.45, 2.75) is 13.1 Å². The predicted molar refractivity (Wildman–Crippen MR) is 43.2 cm³/mol. The summed E-state index contributed by atoms with van der Waals surface area (Å²) in [7, 11) is 0. The molecule has 0 fully saturated rings. The Hall–Kier alpha value is -1.51. The summed E-state index contributed by atoms with van der Waals surface area (Å²) < 4.78 is 34.2. The Labute approximate surface area is 78.2 Å². The SMILES string of the molecule is CC(C(N)=O)C(F)(F)F.N.NC(N)=O. The van der Waals surface area contributed by atoms with E-state index in [4.69, 9.17) is 4.79 Å². The molecule has 86 valence electrons. The zero-order chi connectivity index (χ0) is 11.2. The second-order valence-electron chi connectivity index (χ2n) is 2.07. The molecule has 0 aromatic rings. The molecule has 0 aromatic heterocycles. The number of amides is 3. The molecule has 0 saturated carbocycles. The van der Waals surface area contributed by atoms with Gasteiger partial charge < -0.3 is 23.4 Å². The van der Waals surface area contributed by atoms with Crippen LogP contribution in [0.3, 0.4) is 0 Å². The van der Waals surface area contributed by atoms with Crippen LogP contribution in [0.1, 0.15) is 6.92 Å². The van der Waals surface area contributed by atoms with Crippen molar-refractivity contribution < 1.29 is 22.8 Å². The van der Waals surface area contributed by atoms with Gasteiger partial charge in [-0.2, -0.15) is 13.2 Å². The number of urea groups is 1. The fraction of sp³-hybridized carbons (Fsp3) is 0.600.